The molecule has 0 spiro atoms. The molecule has 0 saturated heterocycles. The zero-order valence-electron chi connectivity index (χ0n) is 12.6. The van der Waals surface area contributed by atoms with Gasteiger partial charge in [0.2, 0.25) is 0 Å². The second-order valence-corrected chi connectivity index (χ2v) is 6.31. The largest absolute Gasteiger partial charge is 0.377 e. The molecule has 4 aromatic heterocycles. The van der Waals surface area contributed by atoms with Crippen molar-refractivity contribution in [1.82, 2.24) is 19.5 Å². The molecular formula is C16H13N5OS. The molecule has 0 saturated carbocycles. The second-order valence-electron chi connectivity index (χ2n) is 5.32. The smallest absolute Gasteiger partial charge is 0.276 e. The summed E-state index contributed by atoms with van der Waals surface area (Å²) in [6.07, 6.45) is 6.63. The predicted octanol–water partition coefficient (Wildman–Crippen LogP) is 2.46. The minimum Gasteiger partial charge on any atom is -0.377 e. The summed E-state index contributed by atoms with van der Waals surface area (Å²) in [7, 11) is 3.93. The lowest BCUT2D eigenvalue weighted by atomic mass is 10.2. The zero-order chi connectivity index (χ0) is 16.0. The highest BCUT2D eigenvalue weighted by atomic mass is 32.1. The molecular weight excluding hydrogens is 310 g/mol. The van der Waals surface area contributed by atoms with Crippen molar-refractivity contribution in [3.8, 4) is 5.69 Å². The van der Waals surface area contributed by atoms with Crippen LogP contribution in [0.15, 0.2) is 47.9 Å². The van der Waals surface area contributed by atoms with Gasteiger partial charge in [0, 0.05) is 26.5 Å². The van der Waals surface area contributed by atoms with Crippen LogP contribution in [0.25, 0.3) is 26.1 Å². The summed E-state index contributed by atoms with van der Waals surface area (Å²) < 4.78 is 2.12. The first-order valence-corrected chi connectivity index (χ1v) is 7.85. The first-order valence-electron chi connectivity index (χ1n) is 7.03. The van der Waals surface area contributed by atoms with Gasteiger partial charge in [0.1, 0.15) is 15.9 Å². The van der Waals surface area contributed by atoms with Crippen LogP contribution in [-0.4, -0.2) is 33.6 Å². The molecule has 0 N–H and O–H groups in total. The van der Waals surface area contributed by atoms with E-state index in [4.69, 9.17) is 0 Å². The van der Waals surface area contributed by atoms with E-state index in [1.807, 2.05) is 31.1 Å². The van der Waals surface area contributed by atoms with Crippen LogP contribution in [-0.2, 0) is 0 Å². The van der Waals surface area contributed by atoms with Gasteiger partial charge < -0.3 is 4.90 Å². The third-order valence-electron chi connectivity index (χ3n) is 3.67. The Bertz CT molecular complexity index is 1070. The molecule has 0 radical (unpaired) electrons. The highest BCUT2D eigenvalue weighted by Crippen LogP contribution is 2.35. The lowest BCUT2D eigenvalue weighted by Crippen LogP contribution is -2.17. The van der Waals surface area contributed by atoms with Crippen molar-refractivity contribution in [1.29, 1.82) is 0 Å². The van der Waals surface area contributed by atoms with Crippen molar-refractivity contribution in [2.24, 2.45) is 0 Å². The molecule has 0 aliphatic heterocycles. The number of aromatic nitrogens is 4. The van der Waals surface area contributed by atoms with E-state index >= 15 is 0 Å². The van der Waals surface area contributed by atoms with Gasteiger partial charge in [-0.15, -0.1) is 11.3 Å². The van der Waals surface area contributed by atoms with Crippen LogP contribution in [0.3, 0.4) is 0 Å². The first-order chi connectivity index (χ1) is 11.2. The molecule has 6 nitrogen and oxygen atoms in total. The van der Waals surface area contributed by atoms with Gasteiger partial charge in [-0.25, -0.2) is 9.97 Å². The molecule has 0 fully saturated rings. The summed E-state index contributed by atoms with van der Waals surface area (Å²) in [4.78, 5) is 28.7. The Balaban J connectivity index is 2.08. The van der Waals surface area contributed by atoms with E-state index in [2.05, 4.69) is 15.0 Å². The quantitative estimate of drug-likeness (QED) is 0.567. The van der Waals surface area contributed by atoms with Crippen LogP contribution < -0.4 is 10.5 Å². The number of fused-ring (bicyclic) bond motifs is 3. The number of nitrogens with zero attached hydrogens (tertiary/aromatic N) is 5. The van der Waals surface area contributed by atoms with Gasteiger partial charge in [-0.3, -0.25) is 14.3 Å². The van der Waals surface area contributed by atoms with Gasteiger partial charge in [0.25, 0.3) is 5.56 Å². The van der Waals surface area contributed by atoms with Crippen LogP contribution >= 0.6 is 11.3 Å². The van der Waals surface area contributed by atoms with Crippen molar-refractivity contribution in [2.45, 2.75) is 0 Å². The summed E-state index contributed by atoms with van der Waals surface area (Å²) in [5.74, 6) is 0. The monoisotopic (exact) mass is 323 g/mol. The summed E-state index contributed by atoms with van der Waals surface area (Å²) in [5.41, 5.74) is 2.31. The normalized spacial score (nSPS) is 11.2. The number of pyridine rings is 2. The van der Waals surface area contributed by atoms with E-state index in [0.717, 1.165) is 15.9 Å². The molecule has 4 heterocycles. The van der Waals surface area contributed by atoms with Crippen LogP contribution in [0.1, 0.15) is 0 Å². The molecule has 0 atom stereocenters. The van der Waals surface area contributed by atoms with Crippen molar-refractivity contribution in [3.05, 3.63) is 53.5 Å². The third kappa shape index (κ3) is 2.08. The molecule has 23 heavy (non-hydrogen) atoms. The molecule has 0 aliphatic carbocycles. The van der Waals surface area contributed by atoms with Gasteiger partial charge in [0.05, 0.1) is 28.5 Å². The predicted molar refractivity (Wildman–Crippen MR) is 92.6 cm³/mol. The molecule has 7 heteroatoms. The average Bonchev–Trinajstić information content (AvgIpc) is 2.95. The highest BCUT2D eigenvalue weighted by molar-refractivity contribution is 7.25. The third-order valence-corrected chi connectivity index (χ3v) is 4.74. The maximum atomic E-state index is 12.8. The maximum Gasteiger partial charge on any atom is 0.276 e. The second kappa shape index (κ2) is 5.13. The Labute approximate surface area is 135 Å². The van der Waals surface area contributed by atoms with E-state index in [0.29, 0.717) is 15.9 Å². The first kappa shape index (κ1) is 13.8. The van der Waals surface area contributed by atoms with Gasteiger partial charge in [0.15, 0.2) is 0 Å². The van der Waals surface area contributed by atoms with E-state index in [1.165, 1.54) is 15.9 Å². The minimum absolute atomic E-state index is 0.101. The molecule has 114 valence electrons. The van der Waals surface area contributed by atoms with Gasteiger partial charge in [-0.05, 0) is 18.2 Å². The fourth-order valence-corrected chi connectivity index (χ4v) is 3.64. The van der Waals surface area contributed by atoms with E-state index in [1.54, 1.807) is 31.0 Å². The lowest BCUT2D eigenvalue weighted by Gasteiger charge is -2.13. The summed E-state index contributed by atoms with van der Waals surface area (Å²) in [5, 5.41) is 0.924. The number of hydrogen-bond acceptors (Lipinski definition) is 6. The van der Waals surface area contributed by atoms with Crippen LogP contribution in [0.4, 0.5) is 5.69 Å². The zero-order valence-corrected chi connectivity index (χ0v) is 13.4. The Hall–Kier alpha value is -2.80. The average molecular weight is 323 g/mol. The van der Waals surface area contributed by atoms with E-state index in [-0.39, 0.29) is 5.56 Å². The van der Waals surface area contributed by atoms with E-state index < -0.39 is 0 Å². The molecule has 0 aliphatic rings. The standard InChI is InChI=1S/C16H13N5OS/c1-20(2)11-5-7-18-15-12(11)13-14(23-15)16(22)21(9-19-13)10-4-3-6-17-8-10/h3-9H,1-2H3. The van der Waals surface area contributed by atoms with Crippen molar-refractivity contribution in [3.63, 3.8) is 0 Å². The topological polar surface area (TPSA) is 63.9 Å². The SMILES string of the molecule is CN(C)c1ccnc2sc3c(=O)n(-c4cccnc4)cnc3c12. The fraction of sp³-hybridized carbons (Fsp3) is 0.125. The molecule has 0 unspecified atom stereocenters. The number of hydrogen-bond donors (Lipinski definition) is 0. The van der Waals surface area contributed by atoms with E-state index in [9.17, 15) is 4.79 Å². The van der Waals surface area contributed by atoms with Crippen LogP contribution in [0, 0.1) is 0 Å². The number of anilines is 1. The molecule has 0 bridgehead atoms. The Morgan fingerprint density at radius 2 is 2.04 bits per heavy atom. The van der Waals surface area contributed by atoms with Gasteiger partial charge in [-0.2, -0.15) is 0 Å². The molecule has 0 amide bonds. The Morgan fingerprint density at radius 3 is 2.78 bits per heavy atom. The highest BCUT2D eigenvalue weighted by Gasteiger charge is 2.16. The molecule has 4 rings (SSSR count). The Kier molecular flexibility index (Phi) is 3.09. The number of thiophene rings is 1. The maximum absolute atomic E-state index is 12.8. The van der Waals surface area contributed by atoms with Crippen molar-refractivity contribution >= 4 is 37.5 Å². The number of rotatable bonds is 2. The van der Waals surface area contributed by atoms with Gasteiger partial charge in [-0.1, -0.05) is 0 Å². The minimum atomic E-state index is -0.101. The van der Waals surface area contributed by atoms with Gasteiger partial charge >= 0.3 is 0 Å². The molecule has 0 aromatic carbocycles. The summed E-state index contributed by atoms with van der Waals surface area (Å²) in [6.45, 7) is 0. The summed E-state index contributed by atoms with van der Waals surface area (Å²) in [6, 6.07) is 5.56. The van der Waals surface area contributed by atoms with Crippen LogP contribution in [0.2, 0.25) is 0 Å². The molecule has 4 aromatic rings. The summed E-state index contributed by atoms with van der Waals surface area (Å²) >= 11 is 1.37. The van der Waals surface area contributed by atoms with Crippen molar-refractivity contribution in [2.75, 3.05) is 19.0 Å². The van der Waals surface area contributed by atoms with Crippen molar-refractivity contribution < 1.29 is 0 Å². The van der Waals surface area contributed by atoms with Crippen LogP contribution in [0.5, 0.6) is 0 Å². The lowest BCUT2D eigenvalue weighted by molar-refractivity contribution is 0.957. The fourth-order valence-electron chi connectivity index (χ4n) is 2.59. The Morgan fingerprint density at radius 1 is 1.17 bits per heavy atom.